The molecule has 6 heteroatoms. The van der Waals surface area contributed by atoms with Crippen molar-refractivity contribution in [3.05, 3.63) is 0 Å². The third-order valence-electron chi connectivity index (χ3n) is 4.25. The highest BCUT2D eigenvalue weighted by atomic mass is 19.4. The largest absolute Gasteiger partial charge is 0.392 e. The second-order valence-electron chi connectivity index (χ2n) is 5.64. The number of rotatable bonds is 3. The van der Waals surface area contributed by atoms with Gasteiger partial charge in [-0.2, -0.15) is 13.2 Å². The first-order chi connectivity index (χ1) is 8.98. The molecule has 3 nitrogen and oxygen atoms in total. The molecule has 0 spiro atoms. The molecule has 0 aromatic heterocycles. The van der Waals surface area contributed by atoms with Crippen molar-refractivity contribution in [3.63, 3.8) is 0 Å². The molecule has 2 N–H and O–H groups in total. The van der Waals surface area contributed by atoms with Gasteiger partial charge in [-0.05, 0) is 38.3 Å². The van der Waals surface area contributed by atoms with E-state index in [2.05, 4.69) is 10.6 Å². The molecule has 3 unspecified atom stereocenters. The fourth-order valence-electron chi connectivity index (χ4n) is 3.10. The molecule has 1 heterocycles. The summed E-state index contributed by atoms with van der Waals surface area (Å²) in [4.78, 5) is 12.0. The van der Waals surface area contributed by atoms with Crippen molar-refractivity contribution in [2.75, 3.05) is 19.6 Å². The van der Waals surface area contributed by atoms with E-state index in [4.69, 9.17) is 0 Å². The normalized spacial score (nSPS) is 32.3. The van der Waals surface area contributed by atoms with Crippen LogP contribution in [0.4, 0.5) is 13.2 Å². The first-order valence-electron chi connectivity index (χ1n) is 7.03. The molecule has 1 amide bonds. The molecule has 1 aliphatic heterocycles. The Labute approximate surface area is 111 Å². The Kier molecular flexibility index (Phi) is 4.71. The van der Waals surface area contributed by atoms with E-state index < -0.39 is 23.9 Å². The highest BCUT2D eigenvalue weighted by Gasteiger charge is 2.47. The van der Waals surface area contributed by atoms with Crippen LogP contribution in [0.2, 0.25) is 0 Å². The van der Waals surface area contributed by atoms with Crippen LogP contribution < -0.4 is 10.6 Å². The van der Waals surface area contributed by atoms with Crippen molar-refractivity contribution < 1.29 is 18.0 Å². The second kappa shape index (κ2) is 6.11. The lowest BCUT2D eigenvalue weighted by Gasteiger charge is -2.32. The van der Waals surface area contributed by atoms with Crippen molar-refractivity contribution in [1.29, 1.82) is 0 Å². The van der Waals surface area contributed by atoms with E-state index in [0.29, 0.717) is 25.3 Å². The van der Waals surface area contributed by atoms with Crippen molar-refractivity contribution >= 4 is 5.91 Å². The van der Waals surface area contributed by atoms with Crippen LogP contribution in [0.15, 0.2) is 0 Å². The molecule has 3 atom stereocenters. The molecule has 19 heavy (non-hydrogen) atoms. The topological polar surface area (TPSA) is 41.1 Å². The Hall–Kier alpha value is -0.780. The fraction of sp³-hybridized carbons (Fsp3) is 0.923. The van der Waals surface area contributed by atoms with Crippen LogP contribution in [0.5, 0.6) is 0 Å². The Morgan fingerprint density at radius 1 is 1.21 bits per heavy atom. The lowest BCUT2D eigenvalue weighted by atomic mass is 9.78. The molecule has 2 fully saturated rings. The summed E-state index contributed by atoms with van der Waals surface area (Å²) in [5.41, 5.74) is 0. The van der Waals surface area contributed by atoms with Gasteiger partial charge in [0, 0.05) is 12.5 Å². The van der Waals surface area contributed by atoms with Crippen LogP contribution >= 0.6 is 0 Å². The van der Waals surface area contributed by atoms with Gasteiger partial charge < -0.3 is 10.6 Å². The Balaban J connectivity index is 1.87. The van der Waals surface area contributed by atoms with Crippen LogP contribution in [-0.2, 0) is 4.79 Å². The van der Waals surface area contributed by atoms with Crippen molar-refractivity contribution in [3.8, 4) is 0 Å². The monoisotopic (exact) mass is 278 g/mol. The number of carbonyl (C=O) groups excluding carboxylic acids is 1. The van der Waals surface area contributed by atoms with E-state index in [1.807, 2.05) is 0 Å². The lowest BCUT2D eigenvalue weighted by molar-refractivity contribution is -0.198. The second-order valence-corrected chi connectivity index (χ2v) is 5.64. The third-order valence-corrected chi connectivity index (χ3v) is 4.25. The average molecular weight is 278 g/mol. The fourth-order valence-corrected chi connectivity index (χ4v) is 3.10. The van der Waals surface area contributed by atoms with Gasteiger partial charge in [0.1, 0.15) is 0 Å². The van der Waals surface area contributed by atoms with Gasteiger partial charge >= 0.3 is 6.18 Å². The number of alkyl halides is 3. The number of hydrogen-bond donors (Lipinski definition) is 2. The van der Waals surface area contributed by atoms with E-state index in [1.165, 1.54) is 0 Å². The van der Waals surface area contributed by atoms with Gasteiger partial charge in [0.15, 0.2) is 0 Å². The minimum absolute atomic E-state index is 0.0899. The van der Waals surface area contributed by atoms with Crippen molar-refractivity contribution in [2.45, 2.75) is 38.3 Å². The molecule has 2 rings (SSSR count). The van der Waals surface area contributed by atoms with Crippen LogP contribution in [0.25, 0.3) is 0 Å². The molecule has 110 valence electrons. The highest BCUT2D eigenvalue weighted by molar-refractivity contribution is 5.79. The summed E-state index contributed by atoms with van der Waals surface area (Å²) in [5.74, 6) is -2.39. The van der Waals surface area contributed by atoms with Gasteiger partial charge in [0.25, 0.3) is 0 Å². The summed E-state index contributed by atoms with van der Waals surface area (Å²) >= 11 is 0. The zero-order valence-electron chi connectivity index (χ0n) is 10.9. The predicted octanol–water partition coefficient (Wildman–Crippen LogP) is 2.08. The Morgan fingerprint density at radius 2 is 1.95 bits per heavy atom. The smallest absolute Gasteiger partial charge is 0.356 e. The first-order valence-corrected chi connectivity index (χ1v) is 7.03. The summed E-state index contributed by atoms with van der Waals surface area (Å²) in [6.45, 7) is 2.26. The zero-order chi connectivity index (χ0) is 13.9. The molecule has 0 aromatic carbocycles. The molecule has 1 saturated heterocycles. The number of nitrogens with one attached hydrogen (secondary N) is 2. The Bertz CT molecular complexity index is 314. The summed E-state index contributed by atoms with van der Waals surface area (Å²) in [7, 11) is 0. The quantitative estimate of drug-likeness (QED) is 0.830. The number of amides is 1. The van der Waals surface area contributed by atoms with E-state index in [-0.39, 0.29) is 6.42 Å². The number of carbonyl (C=O) groups is 1. The van der Waals surface area contributed by atoms with E-state index in [0.717, 1.165) is 25.9 Å². The number of halogens is 3. The molecule has 2 aliphatic rings. The van der Waals surface area contributed by atoms with Gasteiger partial charge in [-0.3, -0.25) is 4.79 Å². The third kappa shape index (κ3) is 3.84. The van der Waals surface area contributed by atoms with E-state index in [9.17, 15) is 18.0 Å². The SMILES string of the molecule is O=C(NCC1CCNC1)C1CCCCC1C(F)(F)F. The van der Waals surface area contributed by atoms with Gasteiger partial charge in [-0.1, -0.05) is 12.8 Å². The highest BCUT2D eigenvalue weighted by Crippen LogP contribution is 2.41. The molecule has 1 aliphatic carbocycles. The van der Waals surface area contributed by atoms with Gasteiger partial charge in [-0.15, -0.1) is 0 Å². The summed E-state index contributed by atoms with van der Waals surface area (Å²) < 4.78 is 38.7. The molecule has 0 aromatic rings. The maximum absolute atomic E-state index is 12.9. The van der Waals surface area contributed by atoms with Crippen LogP contribution in [0.3, 0.4) is 0 Å². The molecular weight excluding hydrogens is 257 g/mol. The van der Waals surface area contributed by atoms with Crippen LogP contribution in [0, 0.1) is 17.8 Å². The van der Waals surface area contributed by atoms with Crippen LogP contribution in [-0.4, -0.2) is 31.7 Å². The molecule has 1 saturated carbocycles. The van der Waals surface area contributed by atoms with Gasteiger partial charge in [0.2, 0.25) is 5.91 Å². The summed E-state index contributed by atoms with van der Waals surface area (Å²) in [6, 6.07) is 0. The van der Waals surface area contributed by atoms with E-state index in [1.54, 1.807) is 0 Å². The van der Waals surface area contributed by atoms with Gasteiger partial charge in [0.05, 0.1) is 5.92 Å². The predicted molar refractivity (Wildman–Crippen MR) is 65.5 cm³/mol. The number of hydrogen-bond acceptors (Lipinski definition) is 2. The maximum atomic E-state index is 12.9. The average Bonchev–Trinajstić information content (AvgIpc) is 2.88. The molecule has 0 bridgehead atoms. The minimum atomic E-state index is -4.25. The summed E-state index contributed by atoms with van der Waals surface area (Å²) in [6.07, 6.45) is -1.54. The maximum Gasteiger partial charge on any atom is 0.392 e. The summed E-state index contributed by atoms with van der Waals surface area (Å²) in [5, 5.41) is 5.89. The first kappa shape index (κ1) is 14.6. The Morgan fingerprint density at radius 3 is 2.58 bits per heavy atom. The van der Waals surface area contributed by atoms with Crippen LogP contribution in [0.1, 0.15) is 32.1 Å². The minimum Gasteiger partial charge on any atom is -0.356 e. The lowest BCUT2D eigenvalue weighted by Crippen LogP contribution is -2.43. The van der Waals surface area contributed by atoms with Gasteiger partial charge in [-0.25, -0.2) is 0 Å². The molecule has 0 radical (unpaired) electrons. The molecular formula is C13H21F3N2O. The van der Waals surface area contributed by atoms with E-state index >= 15 is 0 Å². The standard InChI is InChI=1S/C13H21F3N2O/c14-13(15,16)11-4-2-1-3-10(11)12(19)18-8-9-5-6-17-7-9/h9-11,17H,1-8H2,(H,18,19). The van der Waals surface area contributed by atoms with Crippen molar-refractivity contribution in [2.24, 2.45) is 17.8 Å². The zero-order valence-corrected chi connectivity index (χ0v) is 10.9. The van der Waals surface area contributed by atoms with Crippen molar-refractivity contribution in [1.82, 2.24) is 10.6 Å².